The van der Waals surface area contributed by atoms with Gasteiger partial charge in [-0.1, -0.05) is 5.16 Å². The Morgan fingerprint density at radius 1 is 1.32 bits per heavy atom. The van der Waals surface area contributed by atoms with Crippen LogP contribution in [0.3, 0.4) is 0 Å². The second-order valence-electron chi connectivity index (χ2n) is 8.94. The Balaban J connectivity index is 1.35. The van der Waals surface area contributed by atoms with Gasteiger partial charge in [-0.15, -0.1) is 11.3 Å². The van der Waals surface area contributed by atoms with Gasteiger partial charge in [-0.25, -0.2) is 4.98 Å². The first kappa shape index (κ1) is 20.6. The molecule has 0 radical (unpaired) electrons. The number of aromatic nitrogens is 3. The zero-order chi connectivity index (χ0) is 21.4. The fourth-order valence-electron chi connectivity index (χ4n) is 5.63. The Kier molecular flexibility index (Phi) is 5.75. The molecule has 2 amide bonds. The van der Waals surface area contributed by atoms with Gasteiger partial charge in [-0.05, 0) is 25.2 Å². The number of likely N-dealkylation sites (tertiary alicyclic amines) is 1. The fraction of sp³-hybridized carbons (Fsp3) is 0.667. The van der Waals surface area contributed by atoms with Crippen LogP contribution in [0.4, 0.5) is 0 Å². The predicted octanol–water partition coefficient (Wildman–Crippen LogP) is 1.43. The summed E-state index contributed by atoms with van der Waals surface area (Å²) < 4.78 is 4.79. The van der Waals surface area contributed by atoms with Crippen molar-refractivity contribution in [2.24, 2.45) is 11.8 Å². The van der Waals surface area contributed by atoms with Crippen molar-refractivity contribution in [1.82, 2.24) is 29.8 Å². The van der Waals surface area contributed by atoms with Gasteiger partial charge in [0.05, 0.1) is 6.54 Å². The molecular formula is C21H28N6O3S. The first-order valence-corrected chi connectivity index (χ1v) is 11.9. The number of fused-ring (bicyclic) bond motifs is 4. The number of amides is 2. The Labute approximate surface area is 185 Å². The Hall–Kier alpha value is -2.33. The summed E-state index contributed by atoms with van der Waals surface area (Å²) in [4.78, 5) is 41.2. The Morgan fingerprint density at radius 3 is 2.97 bits per heavy atom. The van der Waals surface area contributed by atoms with E-state index in [-0.39, 0.29) is 29.8 Å². The van der Waals surface area contributed by atoms with Gasteiger partial charge in [0.15, 0.2) is 5.82 Å². The van der Waals surface area contributed by atoms with Crippen molar-refractivity contribution >= 4 is 23.2 Å². The molecule has 5 heterocycles. The molecule has 0 saturated carbocycles. The van der Waals surface area contributed by atoms with Gasteiger partial charge < -0.3 is 14.3 Å². The highest BCUT2D eigenvalue weighted by Gasteiger charge is 2.52. The van der Waals surface area contributed by atoms with Crippen molar-refractivity contribution in [3.63, 3.8) is 0 Å². The summed E-state index contributed by atoms with van der Waals surface area (Å²) in [5.41, 5.74) is 0. The standard InChI is InChI=1S/C21H28N6O3S/c1-25(7-5-17-23-13-30-24-17)21(29)20-15-9-14(16-3-2-4-19(28)27(16)20)10-26(11-15)12-18-22-6-8-31-18/h6,8,13-16,20H,2-5,7,9-12H2,1H3/t14-,15+,16+,20-/m1/s1. The van der Waals surface area contributed by atoms with Gasteiger partial charge in [0, 0.05) is 63.1 Å². The molecule has 2 aromatic rings. The molecule has 0 aromatic carbocycles. The minimum Gasteiger partial charge on any atom is -0.344 e. The van der Waals surface area contributed by atoms with E-state index in [1.807, 2.05) is 23.5 Å². The molecule has 3 aliphatic heterocycles. The highest BCUT2D eigenvalue weighted by molar-refractivity contribution is 7.09. The van der Waals surface area contributed by atoms with E-state index < -0.39 is 0 Å². The SMILES string of the molecule is CN(CCc1ncon1)C(=O)[C@H]1[C@H]2C[C@H](CN(Cc3nccs3)C2)[C@@H]2CCCC(=O)N21. The van der Waals surface area contributed by atoms with Gasteiger partial charge in [0.1, 0.15) is 11.0 Å². The van der Waals surface area contributed by atoms with E-state index in [1.54, 1.807) is 16.2 Å². The van der Waals surface area contributed by atoms with E-state index in [0.717, 1.165) is 43.9 Å². The van der Waals surface area contributed by atoms with Crippen LogP contribution in [-0.4, -0.2) is 80.4 Å². The third kappa shape index (κ3) is 4.10. The molecule has 3 saturated heterocycles. The second-order valence-corrected chi connectivity index (χ2v) is 9.92. The molecule has 0 unspecified atom stereocenters. The molecule has 4 atom stereocenters. The van der Waals surface area contributed by atoms with E-state index in [0.29, 0.717) is 31.1 Å². The Morgan fingerprint density at radius 2 is 2.19 bits per heavy atom. The lowest BCUT2D eigenvalue weighted by Crippen LogP contribution is -2.68. The lowest BCUT2D eigenvalue weighted by molar-refractivity contribution is -0.164. The van der Waals surface area contributed by atoms with E-state index >= 15 is 0 Å². The largest absolute Gasteiger partial charge is 0.344 e. The van der Waals surface area contributed by atoms with Crippen LogP contribution in [0, 0.1) is 11.8 Å². The number of piperidine rings is 3. The van der Waals surface area contributed by atoms with Crippen molar-refractivity contribution in [2.45, 2.75) is 50.7 Å². The lowest BCUT2D eigenvalue weighted by atomic mass is 9.71. The minimum absolute atomic E-state index is 0.0308. The van der Waals surface area contributed by atoms with Crippen molar-refractivity contribution < 1.29 is 14.1 Å². The van der Waals surface area contributed by atoms with Crippen molar-refractivity contribution in [3.05, 3.63) is 28.8 Å². The van der Waals surface area contributed by atoms with Crippen LogP contribution in [0.2, 0.25) is 0 Å². The normalized spacial score (nSPS) is 28.4. The lowest BCUT2D eigenvalue weighted by Gasteiger charge is -2.56. The third-order valence-electron chi connectivity index (χ3n) is 6.97. The molecule has 2 aromatic heterocycles. The summed E-state index contributed by atoms with van der Waals surface area (Å²) >= 11 is 1.67. The van der Waals surface area contributed by atoms with Crippen LogP contribution in [0.1, 0.15) is 36.5 Å². The summed E-state index contributed by atoms with van der Waals surface area (Å²) in [5, 5.41) is 6.95. The van der Waals surface area contributed by atoms with E-state index in [9.17, 15) is 9.59 Å². The highest BCUT2D eigenvalue weighted by atomic mass is 32.1. The number of likely N-dealkylation sites (N-methyl/N-ethyl adjacent to an activating group) is 1. The zero-order valence-corrected chi connectivity index (χ0v) is 18.5. The fourth-order valence-corrected chi connectivity index (χ4v) is 6.29. The van der Waals surface area contributed by atoms with Crippen LogP contribution in [0.15, 0.2) is 22.5 Å². The molecule has 5 rings (SSSR count). The topological polar surface area (TPSA) is 95.7 Å². The molecule has 31 heavy (non-hydrogen) atoms. The van der Waals surface area contributed by atoms with Crippen LogP contribution in [0.25, 0.3) is 0 Å². The van der Waals surface area contributed by atoms with Crippen molar-refractivity contribution in [3.8, 4) is 0 Å². The van der Waals surface area contributed by atoms with Crippen LogP contribution in [0.5, 0.6) is 0 Å². The van der Waals surface area contributed by atoms with Crippen LogP contribution >= 0.6 is 11.3 Å². The maximum atomic E-state index is 13.6. The van der Waals surface area contributed by atoms with Crippen LogP contribution in [-0.2, 0) is 22.6 Å². The molecule has 0 N–H and O–H groups in total. The quantitative estimate of drug-likeness (QED) is 0.665. The number of hydrogen-bond donors (Lipinski definition) is 0. The number of carbonyl (C=O) groups is 2. The number of thiazole rings is 1. The average molecular weight is 445 g/mol. The number of nitrogens with zero attached hydrogens (tertiary/aromatic N) is 6. The van der Waals surface area contributed by atoms with Gasteiger partial charge >= 0.3 is 0 Å². The summed E-state index contributed by atoms with van der Waals surface area (Å²) in [6.07, 6.45) is 7.15. The summed E-state index contributed by atoms with van der Waals surface area (Å²) in [5.74, 6) is 1.34. The molecule has 9 nitrogen and oxygen atoms in total. The summed E-state index contributed by atoms with van der Waals surface area (Å²) in [7, 11) is 1.81. The highest BCUT2D eigenvalue weighted by Crippen LogP contribution is 2.42. The smallest absolute Gasteiger partial charge is 0.245 e. The summed E-state index contributed by atoms with van der Waals surface area (Å²) in [6.45, 7) is 3.11. The molecule has 3 aliphatic rings. The van der Waals surface area contributed by atoms with Gasteiger partial charge in [-0.2, -0.15) is 4.98 Å². The molecule has 0 aliphatic carbocycles. The predicted molar refractivity (Wildman–Crippen MR) is 113 cm³/mol. The van der Waals surface area contributed by atoms with E-state index in [4.69, 9.17) is 4.52 Å². The monoisotopic (exact) mass is 444 g/mol. The van der Waals surface area contributed by atoms with E-state index in [1.165, 1.54) is 6.39 Å². The first-order chi connectivity index (χ1) is 15.1. The molecule has 10 heteroatoms. The maximum Gasteiger partial charge on any atom is 0.245 e. The van der Waals surface area contributed by atoms with Gasteiger partial charge in [-0.3, -0.25) is 14.5 Å². The second kappa shape index (κ2) is 8.66. The molecule has 166 valence electrons. The molecule has 3 fully saturated rings. The number of carbonyl (C=O) groups excluding carboxylic acids is 2. The first-order valence-electron chi connectivity index (χ1n) is 11.0. The van der Waals surface area contributed by atoms with Gasteiger partial charge in [0.2, 0.25) is 18.2 Å². The summed E-state index contributed by atoms with van der Waals surface area (Å²) in [6, 6.07) is -0.223. The van der Waals surface area contributed by atoms with Crippen molar-refractivity contribution in [1.29, 1.82) is 0 Å². The molecule has 2 bridgehead atoms. The Bertz CT molecular complexity index is 904. The van der Waals surface area contributed by atoms with Crippen LogP contribution < -0.4 is 0 Å². The average Bonchev–Trinajstić information content (AvgIpc) is 3.47. The zero-order valence-electron chi connectivity index (χ0n) is 17.7. The number of hydrogen-bond acceptors (Lipinski definition) is 8. The van der Waals surface area contributed by atoms with Crippen molar-refractivity contribution in [2.75, 3.05) is 26.7 Å². The van der Waals surface area contributed by atoms with Gasteiger partial charge in [0.25, 0.3) is 0 Å². The number of rotatable bonds is 6. The maximum absolute atomic E-state index is 13.6. The van der Waals surface area contributed by atoms with E-state index in [2.05, 4.69) is 20.0 Å². The molecule has 0 spiro atoms. The third-order valence-corrected chi connectivity index (χ3v) is 7.73. The molecular weight excluding hydrogens is 416 g/mol. The minimum atomic E-state index is -0.386.